The molecule has 4 nitrogen and oxygen atoms in total. The van der Waals surface area contributed by atoms with Crippen LogP contribution in [0.4, 0.5) is 0 Å². The van der Waals surface area contributed by atoms with Gasteiger partial charge in [-0.25, -0.2) is 0 Å². The lowest BCUT2D eigenvalue weighted by Crippen LogP contribution is -2.49. The van der Waals surface area contributed by atoms with Gasteiger partial charge in [-0.2, -0.15) is 0 Å². The number of hydrogen-bond donors (Lipinski definition) is 2. The van der Waals surface area contributed by atoms with Crippen LogP contribution >= 0.6 is 0 Å². The summed E-state index contributed by atoms with van der Waals surface area (Å²) >= 11 is 0. The molecule has 0 aliphatic rings. The zero-order valence-corrected chi connectivity index (χ0v) is 22.9. The molecule has 0 amide bonds. The molecule has 0 atom stereocenters. The van der Waals surface area contributed by atoms with E-state index in [-0.39, 0.29) is 0 Å². The third kappa shape index (κ3) is 5.05. The molecule has 0 heterocycles. The first-order valence-electron chi connectivity index (χ1n) is 12.7. The van der Waals surface area contributed by atoms with Crippen molar-refractivity contribution in [1.29, 1.82) is 0 Å². The second-order valence-corrected chi connectivity index (χ2v) is 12.0. The summed E-state index contributed by atoms with van der Waals surface area (Å²) in [6, 6.07) is 21.5. The molecule has 6 heteroatoms. The first kappa shape index (κ1) is 26.7. The Hall–Kier alpha value is -2.37. The highest BCUT2D eigenvalue weighted by atomic mass is 16.5. The van der Waals surface area contributed by atoms with Gasteiger partial charge in [0.15, 0.2) is 0 Å². The van der Waals surface area contributed by atoms with Gasteiger partial charge in [0.05, 0.1) is 22.4 Å². The second kappa shape index (κ2) is 9.18. The van der Waals surface area contributed by atoms with Crippen molar-refractivity contribution < 1.29 is 19.5 Å². The Kier molecular flexibility index (Phi) is 6.81. The topological polar surface area (TPSA) is 58.9 Å². The fourth-order valence-electron chi connectivity index (χ4n) is 4.11. The SMILES string of the molecule is CC(C)(O)C(C)(C)OBc1ccc2c3ccc(BOC(C)(C)C(C)(C)O)cc3c3ccccc3c2c1. The van der Waals surface area contributed by atoms with Crippen LogP contribution in [-0.2, 0) is 9.31 Å². The Balaban J connectivity index is 1.75. The third-order valence-electron chi connectivity index (χ3n) is 8.11. The number of benzene rings is 4. The Morgan fingerprint density at radius 2 is 0.833 bits per heavy atom. The van der Waals surface area contributed by atoms with Crippen molar-refractivity contribution in [2.75, 3.05) is 0 Å². The zero-order chi connectivity index (χ0) is 26.5. The van der Waals surface area contributed by atoms with Crippen LogP contribution in [0.15, 0.2) is 60.7 Å². The van der Waals surface area contributed by atoms with Gasteiger partial charge >= 0.3 is 15.0 Å². The minimum atomic E-state index is -0.948. The summed E-state index contributed by atoms with van der Waals surface area (Å²) in [6.07, 6.45) is 0. The Morgan fingerprint density at radius 1 is 0.500 bits per heavy atom. The second-order valence-electron chi connectivity index (χ2n) is 12.0. The lowest BCUT2D eigenvalue weighted by atomic mass is 9.79. The summed E-state index contributed by atoms with van der Waals surface area (Å²) in [5.41, 5.74) is -1.10. The molecule has 36 heavy (non-hydrogen) atoms. The fourth-order valence-corrected chi connectivity index (χ4v) is 4.11. The summed E-state index contributed by atoms with van der Waals surface area (Å²) in [4.78, 5) is 0. The molecular formula is C30H38B2O4. The van der Waals surface area contributed by atoms with Crippen molar-refractivity contribution >= 4 is 58.2 Å². The molecule has 0 radical (unpaired) electrons. The van der Waals surface area contributed by atoms with Crippen LogP contribution in [0.5, 0.6) is 0 Å². The van der Waals surface area contributed by atoms with Crippen LogP contribution in [0.2, 0.25) is 0 Å². The largest absolute Gasteiger partial charge is 0.427 e. The summed E-state index contributed by atoms with van der Waals surface area (Å²) in [6.45, 7) is 14.8. The van der Waals surface area contributed by atoms with Gasteiger partial charge in [-0.15, -0.1) is 0 Å². The molecule has 0 aromatic heterocycles. The van der Waals surface area contributed by atoms with Crippen LogP contribution in [0, 0.1) is 0 Å². The van der Waals surface area contributed by atoms with Crippen LogP contribution in [0.1, 0.15) is 55.4 Å². The first-order valence-corrected chi connectivity index (χ1v) is 12.7. The third-order valence-corrected chi connectivity index (χ3v) is 8.11. The molecule has 0 aliphatic carbocycles. The van der Waals surface area contributed by atoms with Crippen LogP contribution < -0.4 is 10.9 Å². The Labute approximate surface area is 216 Å². The summed E-state index contributed by atoms with van der Waals surface area (Å²) in [5, 5.41) is 28.1. The normalized spacial score (nSPS) is 13.5. The van der Waals surface area contributed by atoms with Gasteiger partial charge in [-0.1, -0.05) is 71.6 Å². The van der Waals surface area contributed by atoms with Crippen molar-refractivity contribution in [2.24, 2.45) is 0 Å². The van der Waals surface area contributed by atoms with E-state index in [1.54, 1.807) is 27.7 Å². The molecule has 4 rings (SSSR count). The fraction of sp³-hybridized carbons (Fsp3) is 0.400. The molecule has 0 fully saturated rings. The van der Waals surface area contributed by atoms with Gasteiger partial charge in [-0.3, -0.25) is 0 Å². The minimum Gasteiger partial charge on any atom is -0.427 e. The number of aliphatic hydroxyl groups is 2. The molecule has 0 aliphatic heterocycles. The Bertz CT molecular complexity index is 1280. The van der Waals surface area contributed by atoms with E-state index in [1.165, 1.54) is 32.3 Å². The summed E-state index contributed by atoms with van der Waals surface area (Å²) < 4.78 is 12.3. The molecule has 0 spiro atoms. The maximum Gasteiger partial charge on any atom is 0.309 e. The highest BCUT2D eigenvalue weighted by Gasteiger charge is 2.36. The minimum absolute atomic E-state index is 0.423. The van der Waals surface area contributed by atoms with E-state index < -0.39 is 22.4 Å². The number of fused-ring (bicyclic) bond motifs is 6. The molecule has 0 unspecified atom stereocenters. The van der Waals surface area contributed by atoms with E-state index in [0.29, 0.717) is 15.0 Å². The van der Waals surface area contributed by atoms with Gasteiger partial charge in [0, 0.05) is 0 Å². The maximum absolute atomic E-state index is 10.5. The standard InChI is InChI=1S/C30H38B2O4/c1-27(2,33)29(5,6)35-31-19-13-15-23-24-16-14-20(32-36-30(7,8)28(3,4)34)18-26(24)22-12-10-9-11-21(22)25(23)17-19/h9-18,31-34H,1-8H3. The molecule has 4 aromatic carbocycles. The van der Waals surface area contributed by atoms with Crippen LogP contribution in [0.25, 0.3) is 32.3 Å². The molecule has 4 aromatic rings. The van der Waals surface area contributed by atoms with E-state index in [0.717, 1.165) is 10.9 Å². The van der Waals surface area contributed by atoms with Gasteiger partial charge in [0.2, 0.25) is 0 Å². The molecule has 188 valence electrons. The zero-order valence-electron chi connectivity index (χ0n) is 22.9. The lowest BCUT2D eigenvalue weighted by molar-refractivity contribution is -0.0893. The van der Waals surface area contributed by atoms with Crippen molar-refractivity contribution in [3.05, 3.63) is 60.7 Å². The smallest absolute Gasteiger partial charge is 0.309 e. The molecule has 0 bridgehead atoms. The number of rotatable bonds is 8. The van der Waals surface area contributed by atoms with Crippen LogP contribution in [-0.4, -0.2) is 47.6 Å². The average Bonchev–Trinajstić information content (AvgIpc) is 2.80. The summed E-state index contributed by atoms with van der Waals surface area (Å²) in [7, 11) is 0.846. The first-order chi connectivity index (χ1) is 16.6. The lowest BCUT2D eigenvalue weighted by Gasteiger charge is -2.37. The van der Waals surface area contributed by atoms with E-state index in [9.17, 15) is 10.2 Å². The van der Waals surface area contributed by atoms with Crippen molar-refractivity contribution in [2.45, 2.75) is 77.8 Å². The van der Waals surface area contributed by atoms with E-state index in [4.69, 9.17) is 9.31 Å². The maximum atomic E-state index is 10.5. The highest BCUT2D eigenvalue weighted by Crippen LogP contribution is 2.34. The van der Waals surface area contributed by atoms with E-state index >= 15 is 0 Å². The molecule has 0 saturated heterocycles. The van der Waals surface area contributed by atoms with Crippen molar-refractivity contribution in [3.63, 3.8) is 0 Å². The van der Waals surface area contributed by atoms with E-state index in [2.05, 4.69) is 60.7 Å². The highest BCUT2D eigenvalue weighted by molar-refractivity contribution is 6.49. The van der Waals surface area contributed by atoms with Gasteiger partial charge < -0.3 is 19.5 Å². The predicted molar refractivity (Wildman–Crippen MR) is 155 cm³/mol. The van der Waals surface area contributed by atoms with E-state index in [1.807, 2.05) is 27.7 Å². The summed E-state index contributed by atoms with van der Waals surface area (Å²) in [5.74, 6) is 0. The van der Waals surface area contributed by atoms with Crippen molar-refractivity contribution in [1.82, 2.24) is 0 Å². The quantitative estimate of drug-likeness (QED) is 0.291. The Morgan fingerprint density at radius 3 is 1.17 bits per heavy atom. The van der Waals surface area contributed by atoms with Gasteiger partial charge in [0.1, 0.15) is 0 Å². The molecular weight excluding hydrogens is 446 g/mol. The monoisotopic (exact) mass is 484 g/mol. The van der Waals surface area contributed by atoms with Crippen molar-refractivity contribution in [3.8, 4) is 0 Å². The van der Waals surface area contributed by atoms with Gasteiger partial charge in [0.25, 0.3) is 0 Å². The predicted octanol–water partition coefficient (Wildman–Crippen LogP) is 4.23. The molecule has 0 saturated carbocycles. The number of hydrogen-bond acceptors (Lipinski definition) is 4. The van der Waals surface area contributed by atoms with Gasteiger partial charge in [-0.05, 0) is 87.7 Å². The molecule has 2 N–H and O–H groups in total. The van der Waals surface area contributed by atoms with Crippen LogP contribution in [0.3, 0.4) is 0 Å². The average molecular weight is 484 g/mol.